The zero-order valence-corrected chi connectivity index (χ0v) is 13.2. The molecule has 7 heteroatoms. The average molecular weight is 351 g/mol. The average Bonchev–Trinajstić information content (AvgIpc) is 2.41. The second-order valence-electron chi connectivity index (χ2n) is 4.00. The lowest BCUT2D eigenvalue weighted by atomic mass is 10.2. The molecule has 0 saturated carbocycles. The van der Waals surface area contributed by atoms with Gasteiger partial charge in [-0.2, -0.15) is 0 Å². The van der Waals surface area contributed by atoms with Crippen LogP contribution < -0.4 is 4.72 Å². The Labute approximate surface area is 132 Å². The molecule has 0 unspecified atom stereocenters. The van der Waals surface area contributed by atoms with Gasteiger partial charge in [-0.15, -0.1) is 0 Å². The minimum atomic E-state index is -3.72. The maximum Gasteiger partial charge on any atom is 0.242 e. The molecule has 0 amide bonds. The lowest BCUT2D eigenvalue weighted by molar-refractivity contribution is 0.581. The van der Waals surface area contributed by atoms with E-state index in [0.717, 1.165) is 5.56 Å². The van der Waals surface area contributed by atoms with Gasteiger partial charge in [-0.25, -0.2) is 13.1 Å². The molecule has 1 N–H and O–H groups in total. The predicted molar refractivity (Wildman–Crippen MR) is 81.9 cm³/mol. The summed E-state index contributed by atoms with van der Waals surface area (Å²) in [5.74, 6) is 0. The second-order valence-corrected chi connectivity index (χ2v) is 6.96. The zero-order valence-electron chi connectivity index (χ0n) is 10.1. The van der Waals surface area contributed by atoms with E-state index < -0.39 is 10.0 Å². The van der Waals surface area contributed by atoms with Crippen LogP contribution in [0.2, 0.25) is 15.1 Å². The molecule has 0 fully saturated rings. The predicted octanol–water partition coefficient (Wildman–Crippen LogP) is 4.13. The summed E-state index contributed by atoms with van der Waals surface area (Å²) in [6.45, 7) is 0.141. The molecule has 106 valence electrons. The second kappa shape index (κ2) is 6.33. The molecule has 2 rings (SSSR count). The Morgan fingerprint density at radius 2 is 1.60 bits per heavy atom. The number of halogens is 3. The van der Waals surface area contributed by atoms with Crippen LogP contribution in [0.4, 0.5) is 0 Å². The van der Waals surface area contributed by atoms with Gasteiger partial charge in [0.05, 0.1) is 10.0 Å². The highest BCUT2D eigenvalue weighted by Gasteiger charge is 2.18. The molecule has 0 aliphatic rings. The van der Waals surface area contributed by atoms with Crippen LogP contribution >= 0.6 is 34.8 Å². The quantitative estimate of drug-likeness (QED) is 0.901. The summed E-state index contributed by atoms with van der Waals surface area (Å²) in [4.78, 5) is -0.0411. The summed E-state index contributed by atoms with van der Waals surface area (Å²) in [7, 11) is -3.72. The van der Waals surface area contributed by atoms with Gasteiger partial charge in [-0.1, -0.05) is 53.0 Å². The Hall–Kier alpha value is -0.780. The van der Waals surface area contributed by atoms with Gasteiger partial charge in [0.1, 0.15) is 4.90 Å². The van der Waals surface area contributed by atoms with Crippen molar-refractivity contribution in [3.05, 3.63) is 63.1 Å². The molecule has 0 aromatic heterocycles. The minimum absolute atomic E-state index is 0.0118. The van der Waals surface area contributed by atoms with Crippen molar-refractivity contribution >= 4 is 44.8 Å². The lowest BCUT2D eigenvalue weighted by Gasteiger charge is -2.09. The number of sulfonamides is 1. The fraction of sp³-hybridized carbons (Fsp3) is 0.0769. The molecule has 0 aliphatic carbocycles. The van der Waals surface area contributed by atoms with E-state index in [9.17, 15) is 8.42 Å². The third kappa shape index (κ3) is 3.65. The lowest BCUT2D eigenvalue weighted by Crippen LogP contribution is -2.23. The first-order valence-electron chi connectivity index (χ1n) is 5.58. The summed E-state index contributed by atoms with van der Waals surface area (Å²) in [6, 6.07) is 11.3. The van der Waals surface area contributed by atoms with E-state index in [1.807, 2.05) is 0 Å². The van der Waals surface area contributed by atoms with Crippen molar-refractivity contribution in [2.45, 2.75) is 11.4 Å². The van der Waals surface area contributed by atoms with Crippen molar-refractivity contribution in [1.82, 2.24) is 4.72 Å². The van der Waals surface area contributed by atoms with E-state index in [0.29, 0.717) is 5.02 Å². The van der Waals surface area contributed by atoms with Crippen LogP contribution in [-0.2, 0) is 16.6 Å². The monoisotopic (exact) mass is 349 g/mol. The van der Waals surface area contributed by atoms with Gasteiger partial charge in [-0.3, -0.25) is 0 Å². The molecule has 20 heavy (non-hydrogen) atoms. The highest BCUT2D eigenvalue weighted by atomic mass is 35.5. The summed E-state index contributed by atoms with van der Waals surface area (Å²) in [6.07, 6.45) is 0. The van der Waals surface area contributed by atoms with E-state index in [2.05, 4.69) is 4.72 Å². The number of nitrogens with one attached hydrogen (secondary N) is 1. The number of hydrogen-bond donors (Lipinski definition) is 1. The summed E-state index contributed by atoms with van der Waals surface area (Å²) in [5, 5.41) is 0.799. The van der Waals surface area contributed by atoms with E-state index in [4.69, 9.17) is 34.8 Å². The molecule has 0 saturated heterocycles. The maximum atomic E-state index is 12.2. The molecule has 0 spiro atoms. The van der Waals surface area contributed by atoms with Gasteiger partial charge in [0.25, 0.3) is 0 Å². The third-order valence-electron chi connectivity index (χ3n) is 2.59. The molecule has 2 aromatic rings. The van der Waals surface area contributed by atoms with Gasteiger partial charge < -0.3 is 0 Å². The van der Waals surface area contributed by atoms with Crippen LogP contribution in [0.3, 0.4) is 0 Å². The van der Waals surface area contributed by atoms with Crippen LogP contribution in [-0.4, -0.2) is 8.42 Å². The van der Waals surface area contributed by atoms with Gasteiger partial charge in [0.2, 0.25) is 10.0 Å². The van der Waals surface area contributed by atoms with E-state index in [1.165, 1.54) is 18.2 Å². The Kier molecular flexibility index (Phi) is 4.94. The number of benzene rings is 2. The van der Waals surface area contributed by atoms with Crippen molar-refractivity contribution in [3.63, 3.8) is 0 Å². The Morgan fingerprint density at radius 1 is 0.950 bits per heavy atom. The molecular formula is C13H10Cl3NO2S. The summed E-state index contributed by atoms with van der Waals surface area (Å²) < 4.78 is 26.8. The first-order chi connectivity index (χ1) is 9.40. The van der Waals surface area contributed by atoms with E-state index >= 15 is 0 Å². The maximum absolute atomic E-state index is 12.2. The zero-order chi connectivity index (χ0) is 14.8. The van der Waals surface area contributed by atoms with E-state index in [-0.39, 0.29) is 21.5 Å². The first-order valence-corrected chi connectivity index (χ1v) is 8.20. The van der Waals surface area contributed by atoms with Crippen molar-refractivity contribution < 1.29 is 8.42 Å². The molecule has 2 aromatic carbocycles. The van der Waals surface area contributed by atoms with Crippen LogP contribution in [0.25, 0.3) is 0 Å². The first kappa shape index (κ1) is 15.6. The van der Waals surface area contributed by atoms with Crippen molar-refractivity contribution in [3.8, 4) is 0 Å². The fourth-order valence-corrected chi connectivity index (χ4v) is 3.45. The van der Waals surface area contributed by atoms with Crippen molar-refractivity contribution in [2.75, 3.05) is 0 Å². The van der Waals surface area contributed by atoms with Gasteiger partial charge in [0, 0.05) is 11.6 Å². The number of rotatable bonds is 4. The van der Waals surface area contributed by atoms with Crippen molar-refractivity contribution in [1.29, 1.82) is 0 Å². The standard InChI is InChI=1S/C13H10Cl3NO2S/c14-10-6-4-9(5-7-10)8-17-20(18,19)12-3-1-2-11(15)13(12)16/h1-7,17H,8H2. The van der Waals surface area contributed by atoms with Crippen LogP contribution in [0.5, 0.6) is 0 Å². The fourth-order valence-electron chi connectivity index (χ4n) is 1.55. The van der Waals surface area contributed by atoms with E-state index in [1.54, 1.807) is 24.3 Å². The Balaban J connectivity index is 2.19. The minimum Gasteiger partial charge on any atom is -0.207 e. The molecule has 0 bridgehead atoms. The van der Waals surface area contributed by atoms with Gasteiger partial charge in [0.15, 0.2) is 0 Å². The highest BCUT2D eigenvalue weighted by Crippen LogP contribution is 2.28. The van der Waals surface area contributed by atoms with Crippen molar-refractivity contribution in [2.24, 2.45) is 0 Å². The van der Waals surface area contributed by atoms with Gasteiger partial charge >= 0.3 is 0 Å². The van der Waals surface area contributed by atoms with Crippen LogP contribution in [0.1, 0.15) is 5.56 Å². The van der Waals surface area contributed by atoms with Gasteiger partial charge in [-0.05, 0) is 29.8 Å². The summed E-state index contributed by atoms with van der Waals surface area (Å²) >= 11 is 17.5. The highest BCUT2D eigenvalue weighted by molar-refractivity contribution is 7.89. The summed E-state index contributed by atoms with van der Waals surface area (Å²) in [5.41, 5.74) is 0.788. The normalized spacial score (nSPS) is 11.6. The Bertz CT molecular complexity index is 715. The Morgan fingerprint density at radius 3 is 2.25 bits per heavy atom. The van der Waals surface area contributed by atoms with Crippen LogP contribution in [0, 0.1) is 0 Å². The molecule has 0 radical (unpaired) electrons. The third-order valence-corrected chi connectivity index (χ3v) is 5.21. The SMILES string of the molecule is O=S(=O)(NCc1ccc(Cl)cc1)c1cccc(Cl)c1Cl. The topological polar surface area (TPSA) is 46.2 Å². The number of hydrogen-bond acceptors (Lipinski definition) is 2. The molecular weight excluding hydrogens is 341 g/mol. The smallest absolute Gasteiger partial charge is 0.207 e. The molecule has 0 atom stereocenters. The largest absolute Gasteiger partial charge is 0.242 e. The van der Waals surface area contributed by atoms with Crippen LogP contribution in [0.15, 0.2) is 47.4 Å². The molecule has 0 heterocycles. The molecule has 0 aliphatic heterocycles. The molecule has 3 nitrogen and oxygen atoms in total.